The number of rotatable bonds is 5. The fraction of sp³-hybridized carbons (Fsp3) is 0.533. The number of hydrogen-bond donors (Lipinski definition) is 2. The number of amides is 1. The van der Waals surface area contributed by atoms with Crippen LogP contribution in [0.3, 0.4) is 0 Å². The van der Waals surface area contributed by atoms with Crippen LogP contribution in [-0.2, 0) is 4.74 Å². The monoisotopic (exact) mass is 278 g/mol. The molecule has 3 N–H and O–H groups in total. The van der Waals surface area contributed by atoms with Gasteiger partial charge in [0.15, 0.2) is 0 Å². The lowest BCUT2D eigenvalue weighted by Gasteiger charge is -2.20. The van der Waals surface area contributed by atoms with Crippen molar-refractivity contribution in [1.82, 2.24) is 5.32 Å². The van der Waals surface area contributed by atoms with E-state index in [0.717, 1.165) is 19.3 Å². The Kier molecular flexibility index (Phi) is 4.84. The Morgan fingerprint density at radius 1 is 1.40 bits per heavy atom. The van der Waals surface area contributed by atoms with Gasteiger partial charge in [0.1, 0.15) is 5.75 Å². The summed E-state index contributed by atoms with van der Waals surface area (Å²) in [4.78, 5) is 12.3. The summed E-state index contributed by atoms with van der Waals surface area (Å²) in [7, 11) is 1.68. The minimum atomic E-state index is -0.132. The fourth-order valence-electron chi connectivity index (χ4n) is 2.63. The quantitative estimate of drug-likeness (QED) is 0.808. The maximum Gasteiger partial charge on any atom is 0.251 e. The van der Waals surface area contributed by atoms with Gasteiger partial charge in [-0.15, -0.1) is 0 Å². The van der Waals surface area contributed by atoms with Crippen LogP contribution in [0.5, 0.6) is 5.75 Å². The number of ether oxygens (including phenoxy) is 2. The minimum Gasteiger partial charge on any atom is -0.494 e. The molecule has 0 radical (unpaired) electrons. The first kappa shape index (κ1) is 14.7. The zero-order valence-electron chi connectivity index (χ0n) is 12.0. The van der Waals surface area contributed by atoms with Crippen LogP contribution in [0.1, 0.15) is 36.5 Å². The van der Waals surface area contributed by atoms with Gasteiger partial charge in [-0.05, 0) is 38.3 Å². The molecule has 2 unspecified atom stereocenters. The maximum absolute atomic E-state index is 12.3. The van der Waals surface area contributed by atoms with Crippen molar-refractivity contribution in [3.8, 4) is 5.75 Å². The Morgan fingerprint density at radius 2 is 2.20 bits per heavy atom. The number of nitrogens with two attached hydrogens (primary N) is 1. The summed E-state index contributed by atoms with van der Waals surface area (Å²) in [5.74, 6) is 0.486. The molecule has 1 amide bonds. The largest absolute Gasteiger partial charge is 0.494 e. The molecule has 1 saturated carbocycles. The lowest BCUT2D eigenvalue weighted by atomic mass is 10.1. The average Bonchev–Trinajstić information content (AvgIpc) is 2.85. The molecule has 110 valence electrons. The Hall–Kier alpha value is -1.75. The van der Waals surface area contributed by atoms with Crippen LogP contribution in [-0.4, -0.2) is 31.8 Å². The topological polar surface area (TPSA) is 73.6 Å². The highest BCUT2D eigenvalue weighted by molar-refractivity contribution is 5.95. The molecule has 5 nitrogen and oxygen atoms in total. The Labute approximate surface area is 119 Å². The number of carbonyl (C=O) groups excluding carboxylic acids is 1. The van der Waals surface area contributed by atoms with E-state index in [1.807, 2.05) is 6.92 Å². The molecular formula is C15H22N2O3. The molecule has 0 heterocycles. The molecule has 20 heavy (non-hydrogen) atoms. The summed E-state index contributed by atoms with van der Waals surface area (Å²) in [6, 6.07) is 5.17. The van der Waals surface area contributed by atoms with Crippen LogP contribution in [0.4, 0.5) is 5.69 Å². The van der Waals surface area contributed by atoms with Crippen molar-refractivity contribution in [2.45, 2.75) is 38.3 Å². The molecule has 1 aliphatic rings. The number of methoxy groups -OCH3 is 1. The highest BCUT2D eigenvalue weighted by Crippen LogP contribution is 2.23. The zero-order chi connectivity index (χ0) is 14.5. The first-order chi connectivity index (χ1) is 9.63. The van der Waals surface area contributed by atoms with Gasteiger partial charge in [0.05, 0.1) is 18.8 Å². The molecule has 0 saturated heterocycles. The van der Waals surface area contributed by atoms with Crippen LogP contribution in [0.2, 0.25) is 0 Å². The second-order valence-corrected chi connectivity index (χ2v) is 5.01. The van der Waals surface area contributed by atoms with E-state index in [-0.39, 0.29) is 18.1 Å². The van der Waals surface area contributed by atoms with E-state index >= 15 is 0 Å². The van der Waals surface area contributed by atoms with Crippen LogP contribution in [0.25, 0.3) is 0 Å². The van der Waals surface area contributed by atoms with Gasteiger partial charge in [0, 0.05) is 24.4 Å². The summed E-state index contributed by atoms with van der Waals surface area (Å²) in [6.07, 6.45) is 3.12. The van der Waals surface area contributed by atoms with Gasteiger partial charge < -0.3 is 20.5 Å². The molecule has 1 aromatic rings. The number of hydrogen-bond acceptors (Lipinski definition) is 4. The third-order valence-corrected chi connectivity index (χ3v) is 3.57. The van der Waals surface area contributed by atoms with E-state index in [1.165, 1.54) is 0 Å². The second-order valence-electron chi connectivity index (χ2n) is 5.01. The lowest BCUT2D eigenvalue weighted by molar-refractivity contribution is 0.0722. The second kappa shape index (κ2) is 6.61. The summed E-state index contributed by atoms with van der Waals surface area (Å²) < 4.78 is 10.8. The van der Waals surface area contributed by atoms with E-state index in [9.17, 15) is 4.79 Å². The normalized spacial score (nSPS) is 21.7. The zero-order valence-corrected chi connectivity index (χ0v) is 12.0. The van der Waals surface area contributed by atoms with Gasteiger partial charge in [-0.2, -0.15) is 0 Å². The first-order valence-electron chi connectivity index (χ1n) is 7.01. The highest BCUT2D eigenvalue weighted by Gasteiger charge is 2.28. The van der Waals surface area contributed by atoms with Crippen LogP contribution in [0, 0.1) is 0 Å². The van der Waals surface area contributed by atoms with Gasteiger partial charge >= 0.3 is 0 Å². The Bertz CT molecular complexity index is 476. The predicted octanol–water partition coefficient (Wildman–Crippen LogP) is 1.96. The van der Waals surface area contributed by atoms with Crippen molar-refractivity contribution >= 4 is 11.6 Å². The third kappa shape index (κ3) is 3.42. The molecule has 5 heteroatoms. The van der Waals surface area contributed by atoms with Gasteiger partial charge in [0.2, 0.25) is 0 Å². The van der Waals surface area contributed by atoms with E-state index < -0.39 is 0 Å². The van der Waals surface area contributed by atoms with Gasteiger partial charge in [0.25, 0.3) is 5.91 Å². The van der Waals surface area contributed by atoms with Crippen molar-refractivity contribution < 1.29 is 14.3 Å². The van der Waals surface area contributed by atoms with Crippen LogP contribution in [0.15, 0.2) is 18.2 Å². The number of nitrogens with one attached hydrogen (secondary N) is 1. The van der Waals surface area contributed by atoms with Crippen molar-refractivity contribution in [3.05, 3.63) is 23.8 Å². The maximum atomic E-state index is 12.3. The molecule has 0 aromatic heterocycles. The first-order valence-corrected chi connectivity index (χ1v) is 7.01. The molecule has 1 aliphatic carbocycles. The number of nitrogen functional groups attached to an aromatic ring is 1. The highest BCUT2D eigenvalue weighted by atomic mass is 16.5. The number of carbonyl (C=O) groups is 1. The smallest absolute Gasteiger partial charge is 0.251 e. The summed E-state index contributed by atoms with van der Waals surface area (Å²) >= 11 is 0. The van der Waals surface area contributed by atoms with Gasteiger partial charge in [-0.25, -0.2) is 0 Å². The molecule has 1 fully saturated rings. The molecule has 2 atom stereocenters. The minimum absolute atomic E-state index is 0.0736. The van der Waals surface area contributed by atoms with Crippen molar-refractivity contribution in [2.75, 3.05) is 19.5 Å². The van der Waals surface area contributed by atoms with Gasteiger partial charge in [-0.1, -0.05) is 0 Å². The van der Waals surface area contributed by atoms with E-state index in [2.05, 4.69) is 5.32 Å². The predicted molar refractivity (Wildman–Crippen MR) is 77.9 cm³/mol. The van der Waals surface area contributed by atoms with Crippen molar-refractivity contribution in [3.63, 3.8) is 0 Å². The van der Waals surface area contributed by atoms with E-state index in [1.54, 1.807) is 25.3 Å². The van der Waals surface area contributed by atoms with Crippen molar-refractivity contribution in [1.29, 1.82) is 0 Å². The summed E-state index contributed by atoms with van der Waals surface area (Å²) in [6.45, 7) is 2.43. The Morgan fingerprint density at radius 3 is 2.90 bits per heavy atom. The molecular weight excluding hydrogens is 256 g/mol. The van der Waals surface area contributed by atoms with Crippen LogP contribution >= 0.6 is 0 Å². The molecule has 0 spiro atoms. The molecule has 2 rings (SSSR count). The van der Waals surface area contributed by atoms with Crippen LogP contribution < -0.4 is 15.8 Å². The summed E-state index contributed by atoms with van der Waals surface area (Å²) in [5, 5.41) is 3.02. The van der Waals surface area contributed by atoms with Gasteiger partial charge in [-0.3, -0.25) is 4.79 Å². The van der Waals surface area contributed by atoms with E-state index in [0.29, 0.717) is 23.6 Å². The molecule has 0 bridgehead atoms. The van der Waals surface area contributed by atoms with E-state index in [4.69, 9.17) is 15.2 Å². The molecule has 0 aliphatic heterocycles. The summed E-state index contributed by atoms with van der Waals surface area (Å²) in [5.41, 5.74) is 6.85. The number of benzene rings is 1. The average molecular weight is 278 g/mol. The molecule has 1 aromatic carbocycles. The fourth-order valence-corrected chi connectivity index (χ4v) is 2.63. The number of anilines is 1. The van der Waals surface area contributed by atoms with Crippen molar-refractivity contribution in [2.24, 2.45) is 0 Å². The standard InChI is InChI=1S/C15H22N2O3/c1-3-20-12-8-10(7-11(16)9-12)15(18)17-13-5-4-6-14(13)19-2/h7-9,13-14H,3-6,16H2,1-2H3,(H,17,18). The third-order valence-electron chi connectivity index (χ3n) is 3.57. The SMILES string of the molecule is CCOc1cc(N)cc(C(=O)NC2CCCC2OC)c1. The Balaban J connectivity index is 2.08. The lowest BCUT2D eigenvalue weighted by Crippen LogP contribution is -2.40.